The van der Waals surface area contributed by atoms with Crippen molar-refractivity contribution in [2.75, 3.05) is 5.32 Å². The molecular formula is C15H15F3N2O. The van der Waals surface area contributed by atoms with Crippen LogP contribution in [0.25, 0.3) is 0 Å². The Morgan fingerprint density at radius 3 is 2.57 bits per heavy atom. The van der Waals surface area contributed by atoms with Gasteiger partial charge in [-0.05, 0) is 37.0 Å². The molecule has 3 nitrogen and oxygen atoms in total. The molecule has 1 N–H and O–H groups in total. The predicted molar refractivity (Wildman–Crippen MR) is 71.4 cm³/mol. The highest BCUT2D eigenvalue weighted by Gasteiger charge is 2.31. The van der Waals surface area contributed by atoms with Crippen LogP contribution in [0.3, 0.4) is 0 Å². The van der Waals surface area contributed by atoms with Crippen LogP contribution in [-0.4, -0.2) is 5.91 Å². The maximum atomic E-state index is 12.6. The molecular weight excluding hydrogens is 281 g/mol. The number of hydrogen-bond donors (Lipinski definition) is 1. The standard InChI is InChI=1S/C15H15F3N2O/c16-15(17,18)12-5-6-13(11(8-12)9-19)20-14(21)7-10-3-1-2-4-10/h5-6,8,10H,1-4,7H2,(H,20,21). The normalized spacial score (nSPS) is 15.7. The minimum absolute atomic E-state index is 0.133. The van der Waals surface area contributed by atoms with Crippen LogP contribution in [0, 0.1) is 17.2 Å². The molecule has 0 bridgehead atoms. The van der Waals surface area contributed by atoms with E-state index in [0.29, 0.717) is 12.3 Å². The summed E-state index contributed by atoms with van der Waals surface area (Å²) in [5.74, 6) is 0.0862. The molecule has 0 heterocycles. The Morgan fingerprint density at radius 2 is 2.00 bits per heavy atom. The van der Waals surface area contributed by atoms with E-state index in [2.05, 4.69) is 5.32 Å². The molecule has 1 amide bonds. The van der Waals surface area contributed by atoms with Crippen molar-refractivity contribution in [3.63, 3.8) is 0 Å². The molecule has 1 fully saturated rings. The molecule has 0 spiro atoms. The Balaban J connectivity index is 2.09. The third-order valence-electron chi connectivity index (χ3n) is 3.69. The number of benzene rings is 1. The fourth-order valence-corrected chi connectivity index (χ4v) is 2.60. The third kappa shape index (κ3) is 3.97. The number of hydrogen-bond acceptors (Lipinski definition) is 2. The molecule has 0 aliphatic heterocycles. The monoisotopic (exact) mass is 296 g/mol. The van der Waals surface area contributed by atoms with Crippen molar-refractivity contribution < 1.29 is 18.0 Å². The molecule has 112 valence electrons. The molecule has 0 aromatic heterocycles. The van der Waals surface area contributed by atoms with Gasteiger partial charge in [0.15, 0.2) is 0 Å². The summed E-state index contributed by atoms with van der Waals surface area (Å²) in [5, 5.41) is 11.5. The van der Waals surface area contributed by atoms with Crippen LogP contribution in [0.2, 0.25) is 0 Å². The highest BCUT2D eigenvalue weighted by molar-refractivity contribution is 5.92. The summed E-state index contributed by atoms with van der Waals surface area (Å²) < 4.78 is 37.7. The van der Waals surface area contributed by atoms with Crippen molar-refractivity contribution in [1.82, 2.24) is 0 Å². The maximum absolute atomic E-state index is 12.6. The largest absolute Gasteiger partial charge is 0.416 e. The summed E-state index contributed by atoms with van der Waals surface area (Å²) in [6.45, 7) is 0. The minimum atomic E-state index is -4.50. The van der Waals surface area contributed by atoms with E-state index in [1.165, 1.54) is 0 Å². The van der Waals surface area contributed by atoms with Crippen molar-refractivity contribution >= 4 is 11.6 Å². The number of anilines is 1. The van der Waals surface area contributed by atoms with Crippen LogP contribution >= 0.6 is 0 Å². The Hall–Kier alpha value is -2.03. The summed E-state index contributed by atoms with van der Waals surface area (Å²) in [6.07, 6.45) is 0.0876. The van der Waals surface area contributed by atoms with Gasteiger partial charge >= 0.3 is 6.18 Å². The molecule has 0 radical (unpaired) electrons. The summed E-state index contributed by atoms with van der Waals surface area (Å²) in [5.41, 5.74) is -0.939. The van der Waals surface area contributed by atoms with Crippen molar-refractivity contribution in [3.05, 3.63) is 29.3 Å². The van der Waals surface area contributed by atoms with Gasteiger partial charge in [0.05, 0.1) is 16.8 Å². The van der Waals surface area contributed by atoms with Crippen LogP contribution in [0.15, 0.2) is 18.2 Å². The van der Waals surface area contributed by atoms with E-state index in [9.17, 15) is 18.0 Å². The van der Waals surface area contributed by atoms with E-state index in [1.54, 1.807) is 6.07 Å². The Kier molecular flexibility index (Phi) is 4.51. The van der Waals surface area contributed by atoms with Crippen molar-refractivity contribution in [1.29, 1.82) is 5.26 Å². The molecule has 0 atom stereocenters. The van der Waals surface area contributed by atoms with Crippen molar-refractivity contribution in [2.24, 2.45) is 5.92 Å². The number of nitrogens with zero attached hydrogens (tertiary/aromatic N) is 1. The lowest BCUT2D eigenvalue weighted by Gasteiger charge is -2.12. The van der Waals surface area contributed by atoms with Gasteiger partial charge in [-0.2, -0.15) is 18.4 Å². The molecule has 0 unspecified atom stereocenters. The average molecular weight is 296 g/mol. The lowest BCUT2D eigenvalue weighted by Crippen LogP contribution is -2.16. The number of nitriles is 1. The summed E-state index contributed by atoms with van der Waals surface area (Å²) in [4.78, 5) is 11.9. The topological polar surface area (TPSA) is 52.9 Å². The number of rotatable bonds is 3. The quantitative estimate of drug-likeness (QED) is 0.913. The second-order valence-electron chi connectivity index (χ2n) is 5.27. The first-order chi connectivity index (χ1) is 9.90. The van der Waals surface area contributed by atoms with Gasteiger partial charge < -0.3 is 5.32 Å². The zero-order chi connectivity index (χ0) is 15.5. The van der Waals surface area contributed by atoms with E-state index >= 15 is 0 Å². The number of alkyl halides is 3. The highest BCUT2D eigenvalue weighted by Crippen LogP contribution is 2.32. The zero-order valence-corrected chi connectivity index (χ0v) is 11.3. The van der Waals surface area contributed by atoms with Gasteiger partial charge in [-0.3, -0.25) is 4.79 Å². The Labute approximate surface area is 120 Å². The van der Waals surface area contributed by atoms with Gasteiger partial charge in [-0.1, -0.05) is 12.8 Å². The van der Waals surface area contributed by atoms with Gasteiger partial charge in [0.1, 0.15) is 6.07 Å². The van der Waals surface area contributed by atoms with E-state index in [-0.39, 0.29) is 17.2 Å². The second kappa shape index (κ2) is 6.17. The lowest BCUT2D eigenvalue weighted by atomic mass is 10.0. The molecule has 0 saturated heterocycles. The molecule has 1 aromatic rings. The first-order valence-electron chi connectivity index (χ1n) is 6.81. The molecule has 1 aliphatic carbocycles. The van der Waals surface area contributed by atoms with Gasteiger partial charge in [0.25, 0.3) is 0 Å². The average Bonchev–Trinajstić information content (AvgIpc) is 2.90. The van der Waals surface area contributed by atoms with Crippen LogP contribution in [0.4, 0.5) is 18.9 Å². The lowest BCUT2D eigenvalue weighted by molar-refractivity contribution is -0.137. The van der Waals surface area contributed by atoms with Gasteiger partial charge in [0, 0.05) is 6.42 Å². The Bertz CT molecular complexity index is 569. The molecule has 2 rings (SSSR count). The molecule has 6 heteroatoms. The van der Waals surface area contributed by atoms with E-state index in [4.69, 9.17) is 5.26 Å². The first-order valence-corrected chi connectivity index (χ1v) is 6.81. The number of nitrogens with one attached hydrogen (secondary N) is 1. The van der Waals surface area contributed by atoms with Gasteiger partial charge in [-0.15, -0.1) is 0 Å². The maximum Gasteiger partial charge on any atom is 0.416 e. The summed E-state index contributed by atoms with van der Waals surface area (Å²) in [7, 11) is 0. The number of carbonyl (C=O) groups is 1. The molecule has 1 aliphatic rings. The fraction of sp³-hybridized carbons (Fsp3) is 0.467. The van der Waals surface area contributed by atoms with E-state index in [0.717, 1.165) is 43.9 Å². The molecule has 1 saturated carbocycles. The van der Waals surface area contributed by atoms with Crippen molar-refractivity contribution in [2.45, 2.75) is 38.3 Å². The summed E-state index contributed by atoms with van der Waals surface area (Å²) >= 11 is 0. The smallest absolute Gasteiger partial charge is 0.325 e. The van der Waals surface area contributed by atoms with Crippen molar-refractivity contribution in [3.8, 4) is 6.07 Å². The van der Waals surface area contributed by atoms with Crippen LogP contribution < -0.4 is 5.32 Å². The number of halogens is 3. The molecule has 1 aromatic carbocycles. The first kappa shape index (κ1) is 15.4. The zero-order valence-electron chi connectivity index (χ0n) is 11.3. The number of amides is 1. The molecule has 21 heavy (non-hydrogen) atoms. The predicted octanol–water partition coefficient (Wildman–Crippen LogP) is 4.10. The SMILES string of the molecule is N#Cc1cc(C(F)(F)F)ccc1NC(=O)CC1CCCC1. The highest BCUT2D eigenvalue weighted by atomic mass is 19.4. The summed E-state index contributed by atoms with van der Waals surface area (Å²) in [6, 6.07) is 4.45. The second-order valence-corrected chi connectivity index (χ2v) is 5.27. The van der Waals surface area contributed by atoms with Crippen LogP contribution in [-0.2, 0) is 11.0 Å². The van der Waals surface area contributed by atoms with E-state index < -0.39 is 11.7 Å². The Morgan fingerprint density at radius 1 is 1.33 bits per heavy atom. The minimum Gasteiger partial charge on any atom is -0.325 e. The van der Waals surface area contributed by atoms with Crippen LogP contribution in [0.1, 0.15) is 43.2 Å². The van der Waals surface area contributed by atoms with E-state index in [1.807, 2.05) is 0 Å². The fourth-order valence-electron chi connectivity index (χ4n) is 2.60. The third-order valence-corrected chi connectivity index (χ3v) is 3.69. The van der Waals surface area contributed by atoms with Gasteiger partial charge in [-0.25, -0.2) is 0 Å². The number of carbonyl (C=O) groups excluding carboxylic acids is 1. The van der Waals surface area contributed by atoms with Crippen LogP contribution in [0.5, 0.6) is 0 Å². The van der Waals surface area contributed by atoms with Gasteiger partial charge in [0.2, 0.25) is 5.91 Å².